The number of aliphatic hydroxyl groups excluding tert-OH is 2. The van der Waals surface area contributed by atoms with E-state index in [1.807, 2.05) is 0 Å². The molecule has 0 amide bonds. The van der Waals surface area contributed by atoms with Gasteiger partial charge in [0.1, 0.15) is 18.3 Å². The molecule has 0 aromatic carbocycles. The van der Waals surface area contributed by atoms with Gasteiger partial charge in [0, 0.05) is 0 Å². The van der Waals surface area contributed by atoms with Crippen LogP contribution in [0.4, 0.5) is 0 Å². The molecule has 0 aliphatic carbocycles. The fourth-order valence-corrected chi connectivity index (χ4v) is 1.72. The summed E-state index contributed by atoms with van der Waals surface area (Å²) < 4.78 is 15.8. The van der Waals surface area contributed by atoms with Crippen molar-refractivity contribution >= 4 is 0 Å². The van der Waals surface area contributed by atoms with E-state index in [1.165, 1.54) is 0 Å². The van der Waals surface area contributed by atoms with Crippen molar-refractivity contribution in [3.8, 4) is 0 Å². The van der Waals surface area contributed by atoms with Gasteiger partial charge >= 0.3 is 0 Å². The maximum atomic E-state index is 9.69. The molecule has 2 saturated heterocycles. The lowest BCUT2D eigenvalue weighted by Gasteiger charge is -2.35. The first-order valence-corrected chi connectivity index (χ1v) is 4.55. The first-order chi connectivity index (χ1) is 6.59. The first kappa shape index (κ1) is 9.92. The van der Waals surface area contributed by atoms with Gasteiger partial charge in [0.05, 0.1) is 12.4 Å². The highest BCUT2D eigenvalue weighted by molar-refractivity contribution is 4.95. The molecule has 80 valence electrons. The van der Waals surface area contributed by atoms with Gasteiger partial charge < -0.3 is 24.4 Å². The van der Waals surface area contributed by atoms with Gasteiger partial charge in [0.25, 0.3) is 0 Å². The Morgan fingerprint density at radius 1 is 1.43 bits per heavy atom. The molecule has 2 N–H and O–H groups in total. The average molecular weight is 202 g/mol. The van der Waals surface area contributed by atoms with Crippen molar-refractivity contribution in [3.05, 3.63) is 12.3 Å². The van der Waals surface area contributed by atoms with Crippen LogP contribution in [-0.2, 0) is 14.2 Å². The van der Waals surface area contributed by atoms with Gasteiger partial charge in [0.15, 0.2) is 12.4 Å². The number of fused-ring (bicyclic) bond motifs is 2. The zero-order valence-electron chi connectivity index (χ0n) is 7.92. The van der Waals surface area contributed by atoms with Crippen LogP contribution in [0.2, 0.25) is 0 Å². The quantitative estimate of drug-likeness (QED) is 0.584. The number of allylic oxidation sites excluding steroid dienone is 1. The lowest BCUT2D eigenvalue weighted by Crippen LogP contribution is -2.54. The third-order valence-electron chi connectivity index (χ3n) is 2.41. The molecular formula is C9H14O5. The Balaban J connectivity index is 2.10. The minimum Gasteiger partial charge on any atom is -0.488 e. The number of rotatable bonds is 2. The standard InChI is InChI=1S/C9H14O5/c1-4(2)13-8-7(11)6(10)5-3-12-9(8)14-5/h5-11H,1,3H2,2H3/t5-,6+,7+,8+,9-/m0/s1. The zero-order chi connectivity index (χ0) is 10.3. The summed E-state index contributed by atoms with van der Waals surface area (Å²) in [6.45, 7) is 5.52. The summed E-state index contributed by atoms with van der Waals surface area (Å²) >= 11 is 0. The maximum absolute atomic E-state index is 9.69. The van der Waals surface area contributed by atoms with E-state index in [2.05, 4.69) is 6.58 Å². The fourth-order valence-electron chi connectivity index (χ4n) is 1.72. The summed E-state index contributed by atoms with van der Waals surface area (Å²) in [7, 11) is 0. The molecule has 0 aromatic rings. The topological polar surface area (TPSA) is 68.2 Å². The van der Waals surface area contributed by atoms with Crippen LogP contribution in [0.1, 0.15) is 6.92 Å². The molecule has 2 heterocycles. The third kappa shape index (κ3) is 1.52. The summed E-state index contributed by atoms with van der Waals surface area (Å²) in [6.07, 6.45) is -3.69. The molecule has 2 fully saturated rings. The summed E-state index contributed by atoms with van der Waals surface area (Å²) in [5.74, 6) is 0.457. The maximum Gasteiger partial charge on any atom is 0.197 e. The van der Waals surface area contributed by atoms with Crippen LogP contribution in [0.25, 0.3) is 0 Å². The molecule has 14 heavy (non-hydrogen) atoms. The van der Waals surface area contributed by atoms with Crippen LogP contribution in [-0.4, -0.2) is 47.5 Å². The minimum absolute atomic E-state index is 0.291. The SMILES string of the molecule is C=C(C)O[C@H]1[C@H]2OC[C@H](O2)[C@@H](O)[C@H]1O. The monoisotopic (exact) mass is 202 g/mol. The van der Waals surface area contributed by atoms with Crippen LogP contribution in [0.3, 0.4) is 0 Å². The normalized spacial score (nSPS) is 46.4. The van der Waals surface area contributed by atoms with Gasteiger partial charge in [-0.2, -0.15) is 0 Å². The molecule has 0 saturated carbocycles. The second kappa shape index (κ2) is 3.51. The van der Waals surface area contributed by atoms with Crippen molar-refractivity contribution in [2.75, 3.05) is 6.61 Å². The van der Waals surface area contributed by atoms with Gasteiger partial charge in [-0.05, 0) is 6.92 Å². The predicted molar refractivity (Wildman–Crippen MR) is 46.3 cm³/mol. The molecule has 5 nitrogen and oxygen atoms in total. The number of aliphatic hydroxyl groups is 2. The summed E-state index contributed by atoms with van der Waals surface area (Å²) in [5.41, 5.74) is 0. The second-order valence-electron chi connectivity index (χ2n) is 3.64. The van der Waals surface area contributed by atoms with E-state index in [9.17, 15) is 10.2 Å². The smallest absolute Gasteiger partial charge is 0.197 e. The molecule has 5 heteroatoms. The van der Waals surface area contributed by atoms with Crippen LogP contribution >= 0.6 is 0 Å². The van der Waals surface area contributed by atoms with Gasteiger partial charge in [-0.25, -0.2) is 0 Å². The van der Waals surface area contributed by atoms with E-state index in [1.54, 1.807) is 6.92 Å². The van der Waals surface area contributed by atoms with Crippen LogP contribution in [0, 0.1) is 0 Å². The lowest BCUT2D eigenvalue weighted by molar-refractivity contribution is -0.233. The van der Waals surface area contributed by atoms with Gasteiger partial charge in [-0.3, -0.25) is 0 Å². The van der Waals surface area contributed by atoms with Gasteiger partial charge in [-0.1, -0.05) is 6.58 Å². The van der Waals surface area contributed by atoms with Crippen molar-refractivity contribution in [1.82, 2.24) is 0 Å². The molecule has 2 rings (SSSR count). The largest absolute Gasteiger partial charge is 0.488 e. The molecule has 0 radical (unpaired) electrons. The average Bonchev–Trinajstić information content (AvgIpc) is 2.55. The molecule has 0 aromatic heterocycles. The molecule has 2 aliphatic heterocycles. The van der Waals surface area contributed by atoms with Gasteiger partial charge in [-0.15, -0.1) is 0 Å². The Morgan fingerprint density at radius 3 is 2.79 bits per heavy atom. The number of hydrogen-bond acceptors (Lipinski definition) is 5. The fraction of sp³-hybridized carbons (Fsp3) is 0.778. The zero-order valence-corrected chi connectivity index (χ0v) is 7.92. The number of ether oxygens (including phenoxy) is 3. The summed E-state index contributed by atoms with van der Waals surface area (Å²) in [5, 5.41) is 19.3. The van der Waals surface area contributed by atoms with Crippen LogP contribution in [0.15, 0.2) is 12.3 Å². The Morgan fingerprint density at radius 2 is 2.14 bits per heavy atom. The molecule has 2 bridgehead atoms. The molecule has 0 spiro atoms. The molecule has 5 atom stereocenters. The highest BCUT2D eigenvalue weighted by Crippen LogP contribution is 2.30. The van der Waals surface area contributed by atoms with E-state index in [0.29, 0.717) is 12.4 Å². The summed E-state index contributed by atoms with van der Waals surface area (Å²) in [6, 6.07) is 0. The van der Waals surface area contributed by atoms with E-state index in [-0.39, 0.29) is 0 Å². The van der Waals surface area contributed by atoms with Crippen molar-refractivity contribution in [2.24, 2.45) is 0 Å². The molecule has 2 aliphatic rings. The summed E-state index contributed by atoms with van der Waals surface area (Å²) in [4.78, 5) is 0. The van der Waals surface area contributed by atoms with E-state index in [4.69, 9.17) is 14.2 Å². The minimum atomic E-state index is -0.988. The first-order valence-electron chi connectivity index (χ1n) is 4.55. The second-order valence-corrected chi connectivity index (χ2v) is 3.64. The number of hydrogen-bond donors (Lipinski definition) is 2. The highest BCUT2D eigenvalue weighted by atomic mass is 16.8. The van der Waals surface area contributed by atoms with Crippen molar-refractivity contribution in [3.63, 3.8) is 0 Å². The molecule has 0 unspecified atom stereocenters. The molecular weight excluding hydrogens is 188 g/mol. The van der Waals surface area contributed by atoms with Crippen LogP contribution in [0.5, 0.6) is 0 Å². The Kier molecular flexibility index (Phi) is 2.48. The van der Waals surface area contributed by atoms with E-state index < -0.39 is 30.7 Å². The van der Waals surface area contributed by atoms with Crippen molar-refractivity contribution < 1.29 is 24.4 Å². The van der Waals surface area contributed by atoms with E-state index >= 15 is 0 Å². The lowest BCUT2D eigenvalue weighted by atomic mass is 10.0. The Bertz CT molecular complexity index is 241. The highest BCUT2D eigenvalue weighted by Gasteiger charge is 2.50. The van der Waals surface area contributed by atoms with Crippen LogP contribution < -0.4 is 0 Å². The Hall–Kier alpha value is -0.620. The Labute approximate surface area is 81.9 Å². The third-order valence-corrected chi connectivity index (χ3v) is 2.41. The van der Waals surface area contributed by atoms with Crippen molar-refractivity contribution in [1.29, 1.82) is 0 Å². The van der Waals surface area contributed by atoms with Gasteiger partial charge in [0.2, 0.25) is 0 Å². The van der Waals surface area contributed by atoms with Crippen molar-refractivity contribution in [2.45, 2.75) is 37.6 Å². The predicted octanol–water partition coefficient (Wildman–Crippen LogP) is -0.618. The van der Waals surface area contributed by atoms with E-state index in [0.717, 1.165) is 0 Å².